The molecule has 1 aromatic rings. The largest absolute Gasteiger partial charge is 0.375 e. The molecule has 0 saturated carbocycles. The first-order chi connectivity index (χ1) is 6.52. The lowest BCUT2D eigenvalue weighted by molar-refractivity contribution is 0.731. The van der Waals surface area contributed by atoms with Gasteiger partial charge < -0.3 is 5.73 Å². The van der Waals surface area contributed by atoms with Crippen molar-refractivity contribution in [3.8, 4) is 0 Å². The topological polar surface area (TPSA) is 68.2 Å². The van der Waals surface area contributed by atoms with E-state index in [0.717, 1.165) is 17.0 Å². The van der Waals surface area contributed by atoms with Gasteiger partial charge in [-0.05, 0) is 26.1 Å². The summed E-state index contributed by atoms with van der Waals surface area (Å²) < 4.78 is 1.80. The summed E-state index contributed by atoms with van der Waals surface area (Å²) in [5.74, 6) is 0. The van der Waals surface area contributed by atoms with Crippen LogP contribution in [-0.4, -0.2) is 21.1 Å². The van der Waals surface area contributed by atoms with E-state index in [1.807, 2.05) is 20.9 Å². The molecule has 0 aliphatic carbocycles. The van der Waals surface area contributed by atoms with Gasteiger partial charge >= 0.3 is 0 Å². The Morgan fingerprint density at radius 2 is 2.29 bits per heavy atom. The molecule has 6 heteroatoms. The number of thiocarbonyl (C=S) groups is 1. The molecule has 1 aromatic heterocycles. The van der Waals surface area contributed by atoms with Crippen LogP contribution in [0.2, 0.25) is 0 Å². The number of nitrogens with zero attached hydrogens (tertiary/aromatic N) is 3. The maximum Gasteiger partial charge on any atom is 0.184 e. The molecule has 0 bridgehead atoms. The summed E-state index contributed by atoms with van der Waals surface area (Å²) in [5, 5.41) is 8.28. The maximum atomic E-state index is 5.22. The zero-order valence-electron chi connectivity index (χ0n) is 8.40. The molecule has 76 valence electrons. The lowest BCUT2D eigenvalue weighted by atomic mass is 10.2. The lowest BCUT2D eigenvalue weighted by Gasteiger charge is -1.95. The highest BCUT2D eigenvalue weighted by molar-refractivity contribution is 7.80. The molecule has 0 aromatic carbocycles. The Kier molecular flexibility index (Phi) is 3.19. The van der Waals surface area contributed by atoms with Crippen LogP contribution in [0, 0.1) is 13.8 Å². The van der Waals surface area contributed by atoms with E-state index in [2.05, 4.69) is 27.8 Å². The van der Waals surface area contributed by atoms with Crippen LogP contribution in [0.3, 0.4) is 0 Å². The van der Waals surface area contributed by atoms with Gasteiger partial charge in [0.1, 0.15) is 0 Å². The van der Waals surface area contributed by atoms with Crippen molar-refractivity contribution in [1.29, 1.82) is 0 Å². The number of hydrogen-bond acceptors (Lipinski definition) is 3. The summed E-state index contributed by atoms with van der Waals surface area (Å²) in [6.45, 7) is 3.90. The van der Waals surface area contributed by atoms with Gasteiger partial charge in [0.2, 0.25) is 0 Å². The van der Waals surface area contributed by atoms with Crippen LogP contribution in [0.4, 0.5) is 0 Å². The summed E-state index contributed by atoms with van der Waals surface area (Å²) in [6, 6.07) is 0. The molecule has 14 heavy (non-hydrogen) atoms. The smallest absolute Gasteiger partial charge is 0.184 e. The number of hydrogen-bond donors (Lipinski definition) is 2. The minimum absolute atomic E-state index is 0.153. The Morgan fingerprint density at radius 1 is 1.64 bits per heavy atom. The molecule has 0 amide bonds. The van der Waals surface area contributed by atoms with Crippen molar-refractivity contribution >= 4 is 23.5 Å². The summed E-state index contributed by atoms with van der Waals surface area (Å²) in [4.78, 5) is 0. The van der Waals surface area contributed by atoms with Crippen LogP contribution in [0.1, 0.15) is 17.0 Å². The minimum Gasteiger partial charge on any atom is -0.375 e. The van der Waals surface area contributed by atoms with Crippen LogP contribution in [0.15, 0.2) is 5.10 Å². The molecule has 0 atom stereocenters. The van der Waals surface area contributed by atoms with Crippen LogP contribution >= 0.6 is 12.2 Å². The van der Waals surface area contributed by atoms with E-state index in [1.165, 1.54) is 0 Å². The zero-order valence-corrected chi connectivity index (χ0v) is 9.22. The Balaban J connectivity index is 2.86. The van der Waals surface area contributed by atoms with Gasteiger partial charge in [0, 0.05) is 18.3 Å². The Morgan fingerprint density at radius 3 is 2.71 bits per heavy atom. The van der Waals surface area contributed by atoms with E-state index in [9.17, 15) is 0 Å². The second-order valence-electron chi connectivity index (χ2n) is 2.94. The van der Waals surface area contributed by atoms with E-state index >= 15 is 0 Å². The first-order valence-electron chi connectivity index (χ1n) is 4.11. The molecule has 0 aliphatic rings. The van der Waals surface area contributed by atoms with Gasteiger partial charge in [-0.15, -0.1) is 0 Å². The SMILES string of the molecule is Cc1nn(C)c(C)c1C=NNC(N)=S. The lowest BCUT2D eigenvalue weighted by Crippen LogP contribution is -2.24. The molecule has 5 nitrogen and oxygen atoms in total. The van der Waals surface area contributed by atoms with Gasteiger partial charge in [-0.2, -0.15) is 10.2 Å². The first-order valence-corrected chi connectivity index (χ1v) is 4.52. The molecule has 0 saturated heterocycles. The third-order valence-electron chi connectivity index (χ3n) is 1.93. The summed E-state index contributed by atoms with van der Waals surface area (Å²) in [6.07, 6.45) is 1.66. The average Bonchev–Trinajstić information content (AvgIpc) is 2.31. The molecule has 0 radical (unpaired) electrons. The Bertz CT molecular complexity index is 379. The van der Waals surface area contributed by atoms with Crippen LogP contribution in [-0.2, 0) is 7.05 Å². The summed E-state index contributed by atoms with van der Waals surface area (Å²) in [7, 11) is 1.89. The third-order valence-corrected chi connectivity index (χ3v) is 2.02. The molecule has 0 spiro atoms. The van der Waals surface area contributed by atoms with Gasteiger partial charge in [0.25, 0.3) is 0 Å². The second-order valence-corrected chi connectivity index (χ2v) is 3.38. The van der Waals surface area contributed by atoms with Crippen molar-refractivity contribution in [2.45, 2.75) is 13.8 Å². The van der Waals surface area contributed by atoms with Gasteiger partial charge in [0.05, 0.1) is 11.9 Å². The predicted molar refractivity (Wildman–Crippen MR) is 60.2 cm³/mol. The van der Waals surface area contributed by atoms with E-state index in [-0.39, 0.29) is 5.11 Å². The fourth-order valence-electron chi connectivity index (χ4n) is 1.14. The summed E-state index contributed by atoms with van der Waals surface area (Å²) in [5.41, 5.74) is 10.7. The number of aryl methyl sites for hydroxylation is 2. The van der Waals surface area contributed by atoms with Crippen molar-refractivity contribution in [3.05, 3.63) is 17.0 Å². The van der Waals surface area contributed by atoms with Crippen LogP contribution < -0.4 is 11.2 Å². The predicted octanol–water partition coefficient (Wildman–Crippen LogP) is 0.204. The van der Waals surface area contributed by atoms with Crippen molar-refractivity contribution in [3.63, 3.8) is 0 Å². The second kappa shape index (κ2) is 4.19. The van der Waals surface area contributed by atoms with Crippen LogP contribution in [0.25, 0.3) is 0 Å². The van der Waals surface area contributed by atoms with E-state index in [4.69, 9.17) is 5.73 Å². The van der Waals surface area contributed by atoms with Gasteiger partial charge in [0.15, 0.2) is 5.11 Å². The van der Waals surface area contributed by atoms with E-state index in [1.54, 1.807) is 10.9 Å². The molecule has 0 unspecified atom stereocenters. The van der Waals surface area contributed by atoms with E-state index < -0.39 is 0 Å². The molecule has 0 aliphatic heterocycles. The third kappa shape index (κ3) is 2.29. The highest BCUT2D eigenvalue weighted by atomic mass is 32.1. The van der Waals surface area contributed by atoms with Crippen molar-refractivity contribution in [2.75, 3.05) is 0 Å². The normalized spacial score (nSPS) is 10.8. The number of aromatic nitrogens is 2. The molecule has 1 heterocycles. The van der Waals surface area contributed by atoms with E-state index in [0.29, 0.717) is 0 Å². The average molecular weight is 211 g/mol. The first kappa shape index (κ1) is 10.6. The van der Waals surface area contributed by atoms with Crippen LogP contribution in [0.5, 0.6) is 0 Å². The monoisotopic (exact) mass is 211 g/mol. The fraction of sp³-hybridized carbons (Fsp3) is 0.375. The highest BCUT2D eigenvalue weighted by Crippen LogP contribution is 2.08. The summed E-state index contributed by atoms with van der Waals surface area (Å²) >= 11 is 4.61. The molecular weight excluding hydrogens is 198 g/mol. The number of rotatable bonds is 2. The minimum atomic E-state index is 0.153. The van der Waals surface area contributed by atoms with Crippen molar-refractivity contribution in [1.82, 2.24) is 15.2 Å². The van der Waals surface area contributed by atoms with Gasteiger partial charge in [-0.1, -0.05) is 0 Å². The Labute approximate surface area is 88.0 Å². The molecule has 3 N–H and O–H groups in total. The Hall–Kier alpha value is -1.43. The van der Waals surface area contributed by atoms with Crippen molar-refractivity contribution in [2.24, 2.45) is 17.9 Å². The number of hydrazone groups is 1. The van der Waals surface area contributed by atoms with Gasteiger partial charge in [-0.25, -0.2) is 0 Å². The number of nitrogens with two attached hydrogens (primary N) is 1. The number of nitrogens with one attached hydrogen (secondary N) is 1. The van der Waals surface area contributed by atoms with Gasteiger partial charge in [-0.3, -0.25) is 10.1 Å². The molecular formula is C8H13N5S. The highest BCUT2D eigenvalue weighted by Gasteiger charge is 2.05. The quantitative estimate of drug-likeness (QED) is 0.417. The fourth-order valence-corrected chi connectivity index (χ4v) is 1.19. The molecule has 0 fully saturated rings. The standard InChI is InChI=1S/C8H13N5S/c1-5-7(4-10-11-8(9)14)6(2)13(3)12-5/h4H,1-3H3,(H3,9,11,14). The molecule has 1 rings (SSSR count). The van der Waals surface area contributed by atoms with Crippen molar-refractivity contribution < 1.29 is 0 Å². The maximum absolute atomic E-state index is 5.22. The zero-order chi connectivity index (χ0) is 10.7.